The number of thiophene rings is 1. The standard InChI is InChI=1S/C26H27F3N4O4S/c1-3-37-25(35)23-20(17-4-7-19(36-2)8-5-17)16-38-24(23)31-22(34)15-32-10-12-33(13-11-32)21-9-6-18(14-30-21)26(27,28)29/h4-9,14,16H,3,10-13,15H2,1-2H3,(H,31,34). The van der Waals surface area contributed by atoms with Crippen LogP contribution in [0.25, 0.3) is 11.1 Å². The molecule has 3 heterocycles. The van der Waals surface area contributed by atoms with E-state index in [1.54, 1.807) is 31.5 Å². The van der Waals surface area contributed by atoms with Gasteiger partial charge in [0, 0.05) is 43.3 Å². The van der Waals surface area contributed by atoms with Crippen LogP contribution in [0.4, 0.5) is 24.0 Å². The summed E-state index contributed by atoms with van der Waals surface area (Å²) in [5.74, 6) is 0.350. The van der Waals surface area contributed by atoms with Gasteiger partial charge in [-0.15, -0.1) is 11.3 Å². The van der Waals surface area contributed by atoms with Crippen LogP contribution in [0.1, 0.15) is 22.8 Å². The fourth-order valence-corrected chi connectivity index (χ4v) is 5.06. The summed E-state index contributed by atoms with van der Waals surface area (Å²) in [7, 11) is 1.57. The van der Waals surface area contributed by atoms with Crippen molar-refractivity contribution in [3.8, 4) is 16.9 Å². The van der Waals surface area contributed by atoms with Crippen LogP contribution < -0.4 is 15.0 Å². The number of hydrogen-bond donors (Lipinski definition) is 1. The van der Waals surface area contributed by atoms with Crippen LogP contribution in [-0.2, 0) is 15.7 Å². The molecule has 0 radical (unpaired) electrons. The van der Waals surface area contributed by atoms with Crippen molar-refractivity contribution >= 4 is 34.0 Å². The van der Waals surface area contributed by atoms with Crippen LogP contribution in [0.2, 0.25) is 0 Å². The first-order valence-electron chi connectivity index (χ1n) is 11.9. The van der Waals surface area contributed by atoms with Gasteiger partial charge in [-0.1, -0.05) is 12.1 Å². The highest BCUT2D eigenvalue weighted by Gasteiger charge is 2.31. The topological polar surface area (TPSA) is 84.0 Å². The lowest BCUT2D eigenvalue weighted by atomic mass is 10.0. The Morgan fingerprint density at radius 3 is 2.37 bits per heavy atom. The lowest BCUT2D eigenvalue weighted by Crippen LogP contribution is -2.49. The van der Waals surface area contributed by atoms with E-state index in [4.69, 9.17) is 9.47 Å². The molecule has 38 heavy (non-hydrogen) atoms. The summed E-state index contributed by atoms with van der Waals surface area (Å²) in [6.07, 6.45) is -3.60. The number of methoxy groups -OCH3 is 1. The normalized spacial score (nSPS) is 14.3. The van der Waals surface area contributed by atoms with Crippen LogP contribution in [0, 0.1) is 0 Å². The van der Waals surface area contributed by atoms with Crippen molar-refractivity contribution in [2.75, 3.05) is 56.7 Å². The Morgan fingerprint density at radius 2 is 1.79 bits per heavy atom. The second-order valence-corrected chi connectivity index (χ2v) is 9.40. The Labute approximate surface area is 222 Å². The van der Waals surface area contributed by atoms with Crippen molar-refractivity contribution in [3.63, 3.8) is 0 Å². The molecule has 1 fully saturated rings. The number of benzene rings is 1. The molecule has 1 N–H and O–H groups in total. The van der Waals surface area contributed by atoms with E-state index in [-0.39, 0.29) is 19.1 Å². The average molecular weight is 549 g/mol. The van der Waals surface area contributed by atoms with E-state index in [0.717, 1.165) is 17.8 Å². The highest BCUT2D eigenvalue weighted by atomic mass is 32.1. The summed E-state index contributed by atoms with van der Waals surface area (Å²) in [5, 5.41) is 5.07. The van der Waals surface area contributed by atoms with Crippen molar-refractivity contribution in [1.29, 1.82) is 0 Å². The molecular weight excluding hydrogens is 521 g/mol. The zero-order valence-corrected chi connectivity index (χ0v) is 21.7. The third-order valence-electron chi connectivity index (χ3n) is 6.06. The van der Waals surface area contributed by atoms with Crippen molar-refractivity contribution in [3.05, 3.63) is 59.1 Å². The first kappa shape index (κ1) is 27.4. The first-order chi connectivity index (χ1) is 18.2. The minimum absolute atomic E-state index is 0.103. The summed E-state index contributed by atoms with van der Waals surface area (Å²) in [6.45, 7) is 4.11. The number of halogens is 3. The Hall–Kier alpha value is -3.64. The molecule has 0 aliphatic carbocycles. The summed E-state index contributed by atoms with van der Waals surface area (Å²) in [4.78, 5) is 33.4. The number of pyridine rings is 1. The highest BCUT2D eigenvalue weighted by Crippen LogP contribution is 2.37. The second-order valence-electron chi connectivity index (χ2n) is 8.52. The largest absolute Gasteiger partial charge is 0.497 e. The van der Waals surface area contributed by atoms with E-state index in [9.17, 15) is 22.8 Å². The van der Waals surface area contributed by atoms with Gasteiger partial charge >= 0.3 is 12.1 Å². The molecule has 1 amide bonds. The minimum atomic E-state index is -4.43. The number of alkyl halides is 3. The molecule has 4 rings (SSSR count). The number of rotatable bonds is 8. The molecule has 12 heteroatoms. The molecule has 1 aliphatic rings. The van der Waals surface area contributed by atoms with E-state index < -0.39 is 17.7 Å². The number of carbonyl (C=O) groups excluding carboxylic acids is 2. The van der Waals surface area contributed by atoms with Crippen molar-refractivity contribution in [2.24, 2.45) is 0 Å². The number of piperazine rings is 1. The van der Waals surface area contributed by atoms with Gasteiger partial charge in [0.05, 0.1) is 25.8 Å². The van der Waals surface area contributed by atoms with Gasteiger partial charge in [-0.2, -0.15) is 13.2 Å². The first-order valence-corrected chi connectivity index (χ1v) is 12.8. The van der Waals surface area contributed by atoms with Crippen molar-refractivity contribution in [2.45, 2.75) is 13.1 Å². The van der Waals surface area contributed by atoms with Gasteiger partial charge < -0.3 is 19.7 Å². The maximum absolute atomic E-state index is 12.9. The lowest BCUT2D eigenvalue weighted by molar-refractivity contribution is -0.137. The van der Waals surface area contributed by atoms with E-state index >= 15 is 0 Å². The quantitative estimate of drug-likeness (QED) is 0.406. The van der Waals surface area contributed by atoms with E-state index in [2.05, 4.69) is 10.3 Å². The van der Waals surface area contributed by atoms with Gasteiger partial charge in [0.25, 0.3) is 0 Å². The molecule has 0 saturated carbocycles. The summed E-state index contributed by atoms with van der Waals surface area (Å²) in [5.41, 5.74) is 0.957. The van der Waals surface area contributed by atoms with Gasteiger partial charge in [0.15, 0.2) is 0 Å². The van der Waals surface area contributed by atoms with Crippen LogP contribution in [0.5, 0.6) is 5.75 Å². The summed E-state index contributed by atoms with van der Waals surface area (Å²) >= 11 is 1.25. The van der Waals surface area contributed by atoms with Crippen LogP contribution in [0.15, 0.2) is 48.0 Å². The van der Waals surface area contributed by atoms with Gasteiger partial charge in [-0.25, -0.2) is 9.78 Å². The highest BCUT2D eigenvalue weighted by molar-refractivity contribution is 7.15. The fourth-order valence-electron chi connectivity index (χ4n) is 4.08. The van der Waals surface area contributed by atoms with Crippen molar-refractivity contribution in [1.82, 2.24) is 9.88 Å². The number of esters is 1. The smallest absolute Gasteiger partial charge is 0.417 e. The molecule has 1 aromatic carbocycles. The Morgan fingerprint density at radius 1 is 1.08 bits per heavy atom. The molecule has 202 valence electrons. The number of nitrogens with zero attached hydrogens (tertiary/aromatic N) is 3. The van der Waals surface area contributed by atoms with E-state index in [1.165, 1.54) is 17.4 Å². The van der Waals surface area contributed by atoms with E-state index in [1.807, 2.05) is 21.9 Å². The van der Waals surface area contributed by atoms with Crippen LogP contribution in [0.3, 0.4) is 0 Å². The Balaban J connectivity index is 1.39. The molecule has 1 aliphatic heterocycles. The minimum Gasteiger partial charge on any atom is -0.497 e. The third-order valence-corrected chi connectivity index (χ3v) is 6.96. The van der Waals surface area contributed by atoms with Gasteiger partial charge in [0.2, 0.25) is 5.91 Å². The lowest BCUT2D eigenvalue weighted by Gasteiger charge is -2.35. The molecular formula is C26H27F3N4O4S. The number of nitrogens with one attached hydrogen (secondary N) is 1. The van der Waals surface area contributed by atoms with Crippen LogP contribution >= 0.6 is 11.3 Å². The zero-order chi connectivity index (χ0) is 27.3. The Bertz CT molecular complexity index is 1250. The number of aromatic nitrogens is 1. The molecule has 0 atom stereocenters. The number of amides is 1. The van der Waals surface area contributed by atoms with Crippen molar-refractivity contribution < 1.29 is 32.2 Å². The monoisotopic (exact) mass is 548 g/mol. The molecule has 0 spiro atoms. The van der Waals surface area contributed by atoms with Gasteiger partial charge in [0.1, 0.15) is 22.1 Å². The zero-order valence-electron chi connectivity index (χ0n) is 20.9. The molecule has 2 aromatic heterocycles. The summed E-state index contributed by atoms with van der Waals surface area (Å²) in [6, 6.07) is 9.63. The summed E-state index contributed by atoms with van der Waals surface area (Å²) < 4.78 is 48.8. The number of anilines is 2. The molecule has 1 saturated heterocycles. The third kappa shape index (κ3) is 6.43. The SMILES string of the molecule is CCOC(=O)c1c(-c2ccc(OC)cc2)csc1NC(=O)CN1CCN(c2ccc(C(F)(F)F)cn2)CC1. The maximum atomic E-state index is 12.9. The molecule has 0 unspecified atom stereocenters. The van der Waals surface area contributed by atoms with Gasteiger partial charge in [-0.3, -0.25) is 9.69 Å². The maximum Gasteiger partial charge on any atom is 0.417 e. The van der Waals surface area contributed by atoms with Crippen LogP contribution in [-0.4, -0.2) is 68.2 Å². The molecule has 8 nitrogen and oxygen atoms in total. The molecule has 3 aromatic rings. The predicted octanol–water partition coefficient (Wildman–Crippen LogP) is 4.77. The number of ether oxygens (including phenoxy) is 2. The Kier molecular flexibility index (Phi) is 8.52. The average Bonchev–Trinajstić information content (AvgIpc) is 3.32. The predicted molar refractivity (Wildman–Crippen MR) is 139 cm³/mol. The number of carbonyl (C=O) groups is 2. The fraction of sp³-hybridized carbons (Fsp3) is 0.346. The van der Waals surface area contributed by atoms with Gasteiger partial charge in [-0.05, 0) is 36.8 Å². The van der Waals surface area contributed by atoms with E-state index in [0.29, 0.717) is 53.9 Å². The molecule has 0 bridgehead atoms. The number of hydrogen-bond acceptors (Lipinski definition) is 8. The second kappa shape index (κ2) is 11.8.